The Hall–Kier alpha value is -0.880. The van der Waals surface area contributed by atoms with Gasteiger partial charge in [-0.25, -0.2) is 0 Å². The van der Waals surface area contributed by atoms with E-state index in [1.165, 1.54) is 17.6 Å². The summed E-state index contributed by atoms with van der Waals surface area (Å²) in [4.78, 5) is 14.6. The van der Waals surface area contributed by atoms with Crippen LogP contribution in [0.3, 0.4) is 0 Å². The van der Waals surface area contributed by atoms with Crippen LogP contribution in [0.4, 0.5) is 0 Å². The summed E-state index contributed by atoms with van der Waals surface area (Å²) in [7, 11) is 2.88. The molecule has 3 aliphatic rings. The number of carbonyl (C=O) groups excluding carboxylic acids is 1. The Kier molecular flexibility index (Phi) is 3.17. The summed E-state index contributed by atoms with van der Waals surface area (Å²) in [6, 6.07) is 0. The van der Waals surface area contributed by atoms with E-state index in [-0.39, 0.29) is 11.1 Å². The van der Waals surface area contributed by atoms with E-state index in [1.807, 2.05) is 0 Å². The van der Waals surface area contributed by atoms with Gasteiger partial charge in [-0.2, -0.15) is 0 Å². The number of fused-ring (bicyclic) bond motifs is 3. The molecular weight excluding hydrogens is 253 g/mol. The highest BCUT2D eigenvalue weighted by molar-refractivity contribution is 7.19. The highest BCUT2D eigenvalue weighted by Crippen LogP contribution is 2.38. The molecule has 19 heavy (non-hydrogen) atoms. The fraction of sp³-hybridized carbons (Fsp3) is 0.562. The van der Waals surface area contributed by atoms with Gasteiger partial charge in [-0.05, 0) is 37.8 Å². The third kappa shape index (κ3) is 2.31. The van der Waals surface area contributed by atoms with Crippen molar-refractivity contribution in [3.63, 3.8) is 0 Å². The molecule has 4 unspecified atom stereocenters. The van der Waals surface area contributed by atoms with Gasteiger partial charge < -0.3 is 4.90 Å². The molecule has 2 nitrogen and oxygen atoms in total. The molecule has 3 heteroatoms. The molecule has 3 rings (SSSR count). The van der Waals surface area contributed by atoms with Crippen LogP contribution in [0.15, 0.2) is 35.5 Å². The second-order valence-electron chi connectivity index (χ2n) is 6.29. The van der Waals surface area contributed by atoms with Crippen LogP contribution < -0.4 is 0 Å². The molecule has 102 valence electrons. The molecule has 2 bridgehead atoms. The number of carbonyl (C=O) groups is 1. The smallest absolute Gasteiger partial charge is 0.229 e. The Morgan fingerprint density at radius 1 is 1.32 bits per heavy atom. The highest BCUT2D eigenvalue weighted by atomic mass is 31.0. The minimum atomic E-state index is -0.00194. The normalized spacial score (nSPS) is 38.1. The molecule has 2 heterocycles. The third-order valence-electron chi connectivity index (χ3n) is 4.59. The van der Waals surface area contributed by atoms with Crippen LogP contribution in [0.2, 0.25) is 0 Å². The van der Waals surface area contributed by atoms with Gasteiger partial charge in [-0.3, -0.25) is 4.79 Å². The minimum Gasteiger partial charge on any atom is -0.342 e. The first kappa shape index (κ1) is 13.1. The van der Waals surface area contributed by atoms with Gasteiger partial charge in [0.05, 0.1) is 5.92 Å². The van der Waals surface area contributed by atoms with Gasteiger partial charge in [0.1, 0.15) is 0 Å². The fourth-order valence-corrected chi connectivity index (χ4v) is 3.58. The summed E-state index contributed by atoms with van der Waals surface area (Å²) in [5, 5.41) is 0.00329. The summed E-state index contributed by atoms with van der Waals surface area (Å²) < 4.78 is 0. The van der Waals surface area contributed by atoms with E-state index >= 15 is 0 Å². The van der Waals surface area contributed by atoms with Gasteiger partial charge in [-0.15, -0.1) is 9.24 Å². The molecule has 1 aliphatic carbocycles. The maximum Gasteiger partial charge on any atom is 0.229 e. The second-order valence-corrected chi connectivity index (χ2v) is 7.53. The lowest BCUT2D eigenvalue weighted by atomic mass is 9.86. The maximum absolute atomic E-state index is 12.5. The topological polar surface area (TPSA) is 20.3 Å². The van der Waals surface area contributed by atoms with Gasteiger partial charge in [-0.1, -0.05) is 24.3 Å². The lowest BCUT2D eigenvalue weighted by molar-refractivity contribution is -0.134. The Morgan fingerprint density at radius 3 is 2.74 bits per heavy atom. The third-order valence-corrected chi connectivity index (χ3v) is 4.97. The SMILES string of the molecule is CC1C(=O)N2CCCC(C2)C2=C1C=CC(C)(P)C=C2. The van der Waals surface area contributed by atoms with Crippen LogP contribution in [-0.2, 0) is 4.79 Å². The first-order valence-corrected chi connectivity index (χ1v) is 7.76. The van der Waals surface area contributed by atoms with Crippen molar-refractivity contribution in [3.05, 3.63) is 35.5 Å². The summed E-state index contributed by atoms with van der Waals surface area (Å²) in [6.07, 6.45) is 11.2. The number of nitrogens with zero attached hydrogens (tertiary/aromatic N) is 1. The Balaban J connectivity index is 2.08. The largest absolute Gasteiger partial charge is 0.342 e. The quantitative estimate of drug-likeness (QED) is 0.622. The monoisotopic (exact) mass is 275 g/mol. The summed E-state index contributed by atoms with van der Waals surface area (Å²) in [5.41, 5.74) is 2.63. The van der Waals surface area contributed by atoms with Gasteiger partial charge in [0.15, 0.2) is 0 Å². The van der Waals surface area contributed by atoms with Gasteiger partial charge in [0, 0.05) is 24.2 Å². The Labute approximate surface area is 117 Å². The molecule has 0 N–H and O–H groups in total. The molecule has 0 aromatic heterocycles. The average Bonchev–Trinajstić information content (AvgIpc) is 2.58. The standard InChI is InChI=1S/C16H22NOP/c1-11-13-5-7-16(2,19)8-6-14(13)12-4-3-9-17(10-12)15(11)18/h5-8,11-12H,3-4,9-10,19H2,1-2H3. The predicted octanol–water partition coefficient (Wildman–Crippen LogP) is 2.93. The van der Waals surface area contributed by atoms with Gasteiger partial charge in [0.25, 0.3) is 0 Å². The van der Waals surface area contributed by atoms with Crippen molar-refractivity contribution in [2.75, 3.05) is 13.1 Å². The predicted molar refractivity (Wildman–Crippen MR) is 81.9 cm³/mol. The summed E-state index contributed by atoms with van der Waals surface area (Å²) in [5.74, 6) is 0.829. The van der Waals surface area contributed by atoms with E-state index in [0.717, 1.165) is 19.5 Å². The molecule has 1 amide bonds. The van der Waals surface area contributed by atoms with Gasteiger partial charge in [0.2, 0.25) is 5.91 Å². The van der Waals surface area contributed by atoms with E-state index in [9.17, 15) is 4.79 Å². The highest BCUT2D eigenvalue weighted by Gasteiger charge is 2.35. The van der Waals surface area contributed by atoms with Crippen molar-refractivity contribution in [1.29, 1.82) is 0 Å². The summed E-state index contributed by atoms with van der Waals surface area (Å²) in [6.45, 7) is 6.08. The van der Waals surface area contributed by atoms with E-state index in [2.05, 4.69) is 52.3 Å². The van der Waals surface area contributed by atoms with Crippen LogP contribution in [-0.4, -0.2) is 29.1 Å². The molecule has 4 atom stereocenters. The second kappa shape index (κ2) is 4.59. The number of allylic oxidation sites excluding steroid dienone is 4. The zero-order valence-corrected chi connectivity index (χ0v) is 12.9. The number of hydrogen-bond acceptors (Lipinski definition) is 1. The van der Waals surface area contributed by atoms with Crippen molar-refractivity contribution in [2.45, 2.75) is 31.8 Å². The lowest BCUT2D eigenvalue weighted by Crippen LogP contribution is -2.40. The van der Waals surface area contributed by atoms with E-state index in [1.54, 1.807) is 0 Å². The van der Waals surface area contributed by atoms with Crippen molar-refractivity contribution in [2.24, 2.45) is 11.8 Å². The first-order chi connectivity index (χ1) is 8.98. The Bertz CT molecular complexity index is 501. The van der Waals surface area contributed by atoms with E-state index in [4.69, 9.17) is 0 Å². The van der Waals surface area contributed by atoms with Crippen LogP contribution in [0, 0.1) is 11.8 Å². The molecule has 0 saturated carbocycles. The molecule has 0 aromatic carbocycles. The van der Waals surface area contributed by atoms with Crippen molar-refractivity contribution >= 4 is 15.1 Å². The van der Waals surface area contributed by atoms with Gasteiger partial charge >= 0.3 is 0 Å². The molecule has 1 fully saturated rings. The molecule has 0 aromatic rings. The zero-order valence-electron chi connectivity index (χ0n) is 11.7. The molecule has 1 saturated heterocycles. The van der Waals surface area contributed by atoms with E-state index in [0.29, 0.717) is 11.8 Å². The van der Waals surface area contributed by atoms with Crippen LogP contribution in [0.1, 0.15) is 26.7 Å². The molecule has 0 spiro atoms. The van der Waals surface area contributed by atoms with Crippen LogP contribution in [0.5, 0.6) is 0 Å². The van der Waals surface area contributed by atoms with Crippen molar-refractivity contribution in [3.8, 4) is 0 Å². The molecular formula is C16H22NOP. The van der Waals surface area contributed by atoms with E-state index < -0.39 is 0 Å². The number of piperidine rings is 1. The molecule has 0 radical (unpaired) electrons. The Morgan fingerprint density at radius 2 is 2.00 bits per heavy atom. The summed E-state index contributed by atoms with van der Waals surface area (Å²) >= 11 is 0. The minimum absolute atomic E-state index is 0.00194. The van der Waals surface area contributed by atoms with Crippen LogP contribution in [0.25, 0.3) is 0 Å². The van der Waals surface area contributed by atoms with Crippen LogP contribution >= 0.6 is 9.24 Å². The van der Waals surface area contributed by atoms with Crippen molar-refractivity contribution < 1.29 is 4.79 Å². The number of amides is 1. The lowest BCUT2D eigenvalue weighted by Gasteiger charge is -2.31. The fourth-order valence-electron chi connectivity index (χ4n) is 3.39. The van der Waals surface area contributed by atoms with Crippen molar-refractivity contribution in [1.82, 2.24) is 4.90 Å². The number of hydrogen-bond donors (Lipinski definition) is 0. The average molecular weight is 275 g/mol. The molecule has 2 aliphatic heterocycles. The number of rotatable bonds is 0. The first-order valence-electron chi connectivity index (χ1n) is 7.18. The maximum atomic E-state index is 12.5. The zero-order chi connectivity index (χ0) is 13.6.